The fourth-order valence-corrected chi connectivity index (χ4v) is 3.14. The third kappa shape index (κ3) is 4.58. The minimum atomic E-state index is 0.636. The van der Waals surface area contributed by atoms with E-state index in [1.54, 1.807) is 11.8 Å². The molecule has 1 aliphatic rings. The minimum Gasteiger partial charge on any atom is -0.381 e. The molecule has 2 rings (SSSR count). The molecule has 94 valence electrons. The maximum atomic E-state index is 5.33. The summed E-state index contributed by atoms with van der Waals surface area (Å²) in [5.74, 6) is 1.05. The minimum absolute atomic E-state index is 0.636. The highest BCUT2D eigenvalue weighted by Crippen LogP contribution is 2.23. The van der Waals surface area contributed by atoms with Crippen molar-refractivity contribution in [1.82, 2.24) is 10.3 Å². The summed E-state index contributed by atoms with van der Waals surface area (Å²) in [5, 5.41) is 4.64. The Bertz CT molecular complexity index is 345. The molecule has 0 spiro atoms. The van der Waals surface area contributed by atoms with Gasteiger partial charge < -0.3 is 10.1 Å². The van der Waals surface area contributed by atoms with E-state index in [4.69, 9.17) is 4.74 Å². The highest BCUT2D eigenvalue weighted by atomic mass is 79.9. The molecule has 2 heterocycles. The molecule has 1 saturated heterocycles. The van der Waals surface area contributed by atoms with Gasteiger partial charge in [0.2, 0.25) is 0 Å². The van der Waals surface area contributed by atoms with Gasteiger partial charge in [-0.1, -0.05) is 0 Å². The average Bonchev–Trinajstić information content (AvgIpc) is 2.38. The fourth-order valence-electron chi connectivity index (χ4n) is 1.79. The lowest BCUT2D eigenvalue weighted by atomic mass is 10.1. The summed E-state index contributed by atoms with van der Waals surface area (Å²) < 4.78 is 6.41. The Balaban J connectivity index is 1.64. The first-order valence-corrected chi connectivity index (χ1v) is 7.68. The van der Waals surface area contributed by atoms with Crippen LogP contribution in [0.25, 0.3) is 0 Å². The van der Waals surface area contributed by atoms with Crippen molar-refractivity contribution < 1.29 is 4.74 Å². The number of aromatic nitrogens is 1. The maximum absolute atomic E-state index is 5.33. The van der Waals surface area contributed by atoms with Gasteiger partial charge in [0, 0.05) is 42.2 Å². The summed E-state index contributed by atoms with van der Waals surface area (Å²) in [7, 11) is 0. The number of ether oxygens (including phenoxy) is 1. The summed E-state index contributed by atoms with van der Waals surface area (Å²) in [6.07, 6.45) is 4.11. The van der Waals surface area contributed by atoms with E-state index in [-0.39, 0.29) is 0 Å². The van der Waals surface area contributed by atoms with Crippen LogP contribution in [0.4, 0.5) is 0 Å². The molecule has 0 radical (unpaired) electrons. The molecule has 1 N–H and O–H groups in total. The molecular formula is C12H17BrN2OS. The lowest BCUT2D eigenvalue weighted by Gasteiger charge is -2.23. The number of hydrogen-bond acceptors (Lipinski definition) is 4. The summed E-state index contributed by atoms with van der Waals surface area (Å²) >= 11 is 5.29. The van der Waals surface area contributed by atoms with Gasteiger partial charge in [-0.25, -0.2) is 4.98 Å². The van der Waals surface area contributed by atoms with Gasteiger partial charge in [0.25, 0.3) is 0 Å². The highest BCUT2D eigenvalue weighted by Gasteiger charge is 2.12. The van der Waals surface area contributed by atoms with Crippen LogP contribution in [-0.2, 0) is 4.74 Å². The Labute approximate surface area is 115 Å². The number of hydrogen-bond donors (Lipinski definition) is 1. The first-order valence-electron chi connectivity index (χ1n) is 5.91. The Morgan fingerprint density at radius 1 is 1.47 bits per heavy atom. The molecule has 1 fully saturated rings. The van der Waals surface area contributed by atoms with E-state index >= 15 is 0 Å². The third-order valence-corrected chi connectivity index (χ3v) is 4.63. The van der Waals surface area contributed by atoms with Gasteiger partial charge >= 0.3 is 0 Å². The zero-order valence-corrected chi connectivity index (χ0v) is 12.1. The summed E-state index contributed by atoms with van der Waals surface area (Å²) in [4.78, 5) is 4.33. The molecule has 5 heteroatoms. The van der Waals surface area contributed by atoms with Gasteiger partial charge in [-0.3, -0.25) is 0 Å². The molecule has 0 saturated carbocycles. The molecule has 0 aromatic carbocycles. The van der Waals surface area contributed by atoms with Crippen LogP contribution in [0.2, 0.25) is 0 Å². The van der Waals surface area contributed by atoms with Crippen molar-refractivity contribution in [2.24, 2.45) is 0 Å². The van der Waals surface area contributed by atoms with Crippen LogP contribution in [0, 0.1) is 0 Å². The van der Waals surface area contributed by atoms with E-state index < -0.39 is 0 Å². The Morgan fingerprint density at radius 2 is 2.29 bits per heavy atom. The Hall–Kier alpha value is -0.100. The molecular weight excluding hydrogens is 300 g/mol. The van der Waals surface area contributed by atoms with Crippen LogP contribution in [-0.4, -0.2) is 36.5 Å². The van der Waals surface area contributed by atoms with Crippen molar-refractivity contribution >= 4 is 27.7 Å². The molecule has 1 aliphatic heterocycles. The molecule has 0 unspecified atom stereocenters. The summed E-state index contributed by atoms with van der Waals surface area (Å²) in [6.45, 7) is 2.82. The molecule has 0 atom stereocenters. The number of thioether (sulfide) groups is 1. The van der Waals surface area contributed by atoms with E-state index in [1.807, 2.05) is 18.3 Å². The predicted octanol–water partition coefficient (Wildman–Crippen LogP) is 2.70. The van der Waals surface area contributed by atoms with Crippen molar-refractivity contribution in [3.05, 3.63) is 22.8 Å². The van der Waals surface area contributed by atoms with E-state index in [0.29, 0.717) is 6.04 Å². The number of rotatable bonds is 5. The standard InChI is InChI=1S/C12H17BrN2OS/c13-11-2-1-5-15-12(11)17-9-6-14-10-3-7-16-8-4-10/h1-2,5,10,14H,3-4,6-9H2. The van der Waals surface area contributed by atoms with Gasteiger partial charge in [0.15, 0.2) is 0 Å². The average molecular weight is 317 g/mol. The van der Waals surface area contributed by atoms with Gasteiger partial charge in [0.05, 0.1) is 0 Å². The van der Waals surface area contributed by atoms with E-state index in [9.17, 15) is 0 Å². The molecule has 1 aromatic heterocycles. The van der Waals surface area contributed by atoms with Crippen molar-refractivity contribution in [3.63, 3.8) is 0 Å². The van der Waals surface area contributed by atoms with Gasteiger partial charge in [-0.05, 0) is 40.9 Å². The first kappa shape index (κ1) is 13.3. The largest absolute Gasteiger partial charge is 0.381 e. The van der Waals surface area contributed by atoms with E-state index in [1.165, 1.54) is 0 Å². The SMILES string of the molecule is Brc1cccnc1SCCNC1CCOCC1. The maximum Gasteiger partial charge on any atom is 0.110 e. The summed E-state index contributed by atoms with van der Waals surface area (Å²) in [6, 6.07) is 4.60. The lowest BCUT2D eigenvalue weighted by Crippen LogP contribution is -2.35. The van der Waals surface area contributed by atoms with Crippen molar-refractivity contribution in [3.8, 4) is 0 Å². The zero-order chi connectivity index (χ0) is 11.9. The molecule has 0 aliphatic carbocycles. The first-order chi connectivity index (χ1) is 8.36. The quantitative estimate of drug-likeness (QED) is 0.669. The van der Waals surface area contributed by atoms with Gasteiger partial charge in [-0.2, -0.15) is 0 Å². The summed E-state index contributed by atoms with van der Waals surface area (Å²) in [5.41, 5.74) is 0. The number of nitrogens with zero attached hydrogens (tertiary/aromatic N) is 1. The number of halogens is 1. The number of pyridine rings is 1. The normalized spacial score (nSPS) is 17.2. The molecule has 17 heavy (non-hydrogen) atoms. The predicted molar refractivity (Wildman–Crippen MR) is 74.5 cm³/mol. The van der Waals surface area contributed by atoms with Crippen molar-refractivity contribution in [2.45, 2.75) is 23.9 Å². The topological polar surface area (TPSA) is 34.2 Å². The lowest BCUT2D eigenvalue weighted by molar-refractivity contribution is 0.0786. The third-order valence-electron chi connectivity index (χ3n) is 2.72. The van der Waals surface area contributed by atoms with Gasteiger partial charge in [0.1, 0.15) is 5.03 Å². The van der Waals surface area contributed by atoms with Crippen LogP contribution < -0.4 is 5.32 Å². The van der Waals surface area contributed by atoms with E-state index in [0.717, 1.165) is 47.9 Å². The molecule has 0 amide bonds. The Kier molecular flexibility index (Phi) is 5.77. The molecule has 1 aromatic rings. The van der Waals surface area contributed by atoms with Crippen molar-refractivity contribution in [2.75, 3.05) is 25.5 Å². The van der Waals surface area contributed by atoms with Crippen LogP contribution in [0.1, 0.15) is 12.8 Å². The van der Waals surface area contributed by atoms with E-state index in [2.05, 4.69) is 26.2 Å². The Morgan fingerprint density at radius 3 is 3.06 bits per heavy atom. The smallest absolute Gasteiger partial charge is 0.110 e. The van der Waals surface area contributed by atoms with Crippen LogP contribution in [0.15, 0.2) is 27.8 Å². The second-order valence-corrected chi connectivity index (χ2v) is 5.92. The second-order valence-electron chi connectivity index (χ2n) is 3.98. The zero-order valence-electron chi connectivity index (χ0n) is 9.69. The number of nitrogens with one attached hydrogen (secondary N) is 1. The fraction of sp³-hybridized carbons (Fsp3) is 0.583. The van der Waals surface area contributed by atoms with Crippen molar-refractivity contribution in [1.29, 1.82) is 0 Å². The molecule has 0 bridgehead atoms. The monoisotopic (exact) mass is 316 g/mol. The van der Waals surface area contributed by atoms with Crippen LogP contribution >= 0.6 is 27.7 Å². The van der Waals surface area contributed by atoms with Gasteiger partial charge in [-0.15, -0.1) is 11.8 Å². The highest BCUT2D eigenvalue weighted by molar-refractivity contribution is 9.10. The van der Waals surface area contributed by atoms with Crippen LogP contribution in [0.5, 0.6) is 0 Å². The van der Waals surface area contributed by atoms with Crippen LogP contribution in [0.3, 0.4) is 0 Å². The second kappa shape index (κ2) is 7.36. The molecule has 3 nitrogen and oxygen atoms in total.